The first-order valence-electron chi connectivity index (χ1n) is 5.31. The number of pyridine rings is 1. The van der Waals surface area contributed by atoms with Crippen LogP contribution in [0.25, 0.3) is 0 Å². The number of carboxylic acid groups (broad SMARTS) is 1. The smallest absolute Gasteiger partial charge is 0.550 e. The van der Waals surface area contributed by atoms with Gasteiger partial charge in [-0.1, -0.05) is 17.7 Å². The van der Waals surface area contributed by atoms with E-state index in [9.17, 15) is 9.90 Å². The van der Waals surface area contributed by atoms with Crippen LogP contribution in [0, 0.1) is 0 Å². The minimum absolute atomic E-state index is 0. The zero-order chi connectivity index (χ0) is 13.0. The predicted molar refractivity (Wildman–Crippen MR) is 67.7 cm³/mol. The Morgan fingerprint density at radius 2 is 1.95 bits per heavy atom. The molecule has 1 aromatic carbocycles. The Morgan fingerprint density at radius 1 is 1.26 bits per heavy atom. The second-order valence-electron chi connectivity index (χ2n) is 3.69. The molecule has 1 aromatic heterocycles. The zero-order valence-electron chi connectivity index (χ0n) is 10.4. The molecule has 0 spiro atoms. The minimum Gasteiger partial charge on any atom is -0.550 e. The van der Waals surface area contributed by atoms with Crippen LogP contribution >= 0.6 is 11.6 Å². The first-order chi connectivity index (χ1) is 8.65. The van der Waals surface area contributed by atoms with E-state index in [-0.39, 0.29) is 36.0 Å². The Morgan fingerprint density at radius 3 is 2.58 bits per heavy atom. The fourth-order valence-electron chi connectivity index (χ4n) is 1.52. The van der Waals surface area contributed by atoms with Crippen LogP contribution in [0.4, 0.5) is 11.5 Å². The average molecular weight is 285 g/mol. The molecule has 6 heteroatoms. The Bertz CT molecular complexity index is 561. The number of rotatable bonds is 4. The van der Waals surface area contributed by atoms with Gasteiger partial charge in [0.1, 0.15) is 5.82 Å². The standard InChI is InChI=1S/C13H11ClN2O2.Na/c14-10-3-5-11(6-4-10)16-13-9(8-12(17)18)2-1-7-15-13;/h1-7H,8H2,(H,15,16)(H,17,18);/q;+1/p-1. The molecule has 0 radical (unpaired) electrons. The quantitative estimate of drug-likeness (QED) is 0.715. The van der Waals surface area contributed by atoms with Gasteiger partial charge in [0.25, 0.3) is 0 Å². The van der Waals surface area contributed by atoms with E-state index >= 15 is 0 Å². The van der Waals surface area contributed by atoms with E-state index in [1.165, 1.54) is 0 Å². The van der Waals surface area contributed by atoms with Crippen molar-refractivity contribution in [2.24, 2.45) is 0 Å². The van der Waals surface area contributed by atoms with E-state index in [2.05, 4.69) is 10.3 Å². The van der Waals surface area contributed by atoms with Gasteiger partial charge in [-0.3, -0.25) is 0 Å². The van der Waals surface area contributed by atoms with Gasteiger partial charge in [0.05, 0.1) is 0 Å². The average Bonchev–Trinajstić information content (AvgIpc) is 2.34. The van der Waals surface area contributed by atoms with Crippen LogP contribution in [0.5, 0.6) is 0 Å². The molecule has 0 amide bonds. The normalized spacial score (nSPS) is 9.53. The van der Waals surface area contributed by atoms with Crippen LogP contribution in [-0.4, -0.2) is 11.0 Å². The van der Waals surface area contributed by atoms with Gasteiger partial charge in [-0.05, 0) is 30.3 Å². The monoisotopic (exact) mass is 284 g/mol. The third kappa shape index (κ3) is 4.84. The molecule has 0 aliphatic rings. The third-order valence-corrected chi connectivity index (χ3v) is 2.58. The number of carboxylic acids is 1. The molecule has 92 valence electrons. The summed E-state index contributed by atoms with van der Waals surface area (Å²) in [5.74, 6) is -0.633. The van der Waals surface area contributed by atoms with Crippen LogP contribution in [-0.2, 0) is 11.2 Å². The van der Waals surface area contributed by atoms with Crippen molar-refractivity contribution in [3.63, 3.8) is 0 Å². The Balaban J connectivity index is 0.00000180. The Labute approximate surface area is 138 Å². The molecule has 1 heterocycles. The van der Waals surface area contributed by atoms with Crippen molar-refractivity contribution < 1.29 is 39.5 Å². The van der Waals surface area contributed by atoms with Crippen molar-refractivity contribution in [2.45, 2.75) is 6.42 Å². The first kappa shape index (κ1) is 16.0. The molecule has 2 rings (SSSR count). The Hall–Kier alpha value is -1.07. The number of carbonyl (C=O) groups is 1. The molecule has 2 aromatic rings. The first-order valence-corrected chi connectivity index (χ1v) is 5.69. The van der Waals surface area contributed by atoms with Crippen molar-refractivity contribution in [3.8, 4) is 0 Å². The zero-order valence-corrected chi connectivity index (χ0v) is 13.1. The second kappa shape index (κ2) is 7.50. The van der Waals surface area contributed by atoms with Gasteiger partial charge in [-0.2, -0.15) is 0 Å². The molecule has 0 bridgehead atoms. The molecule has 0 fully saturated rings. The molecule has 1 N–H and O–H groups in total. The van der Waals surface area contributed by atoms with Crippen LogP contribution in [0.1, 0.15) is 5.56 Å². The number of aliphatic carboxylic acids is 1. The second-order valence-corrected chi connectivity index (χ2v) is 4.13. The molecule has 0 unspecified atom stereocenters. The summed E-state index contributed by atoms with van der Waals surface area (Å²) < 4.78 is 0. The van der Waals surface area contributed by atoms with Gasteiger partial charge >= 0.3 is 29.6 Å². The molecule has 0 aliphatic carbocycles. The summed E-state index contributed by atoms with van der Waals surface area (Å²) in [4.78, 5) is 14.7. The maximum Gasteiger partial charge on any atom is 1.00 e. The van der Waals surface area contributed by atoms with Crippen molar-refractivity contribution >= 4 is 29.1 Å². The maximum absolute atomic E-state index is 10.6. The fraction of sp³-hybridized carbons (Fsp3) is 0.0769. The van der Waals surface area contributed by atoms with Crippen LogP contribution in [0.3, 0.4) is 0 Å². The van der Waals surface area contributed by atoms with E-state index in [0.717, 1.165) is 5.69 Å². The molecule has 0 saturated heterocycles. The third-order valence-electron chi connectivity index (χ3n) is 2.33. The number of hydrogen-bond donors (Lipinski definition) is 1. The number of aromatic nitrogens is 1. The molecular weight excluding hydrogens is 275 g/mol. The van der Waals surface area contributed by atoms with E-state index in [1.807, 2.05) is 0 Å². The summed E-state index contributed by atoms with van der Waals surface area (Å²) in [6.07, 6.45) is 1.42. The van der Waals surface area contributed by atoms with Crippen LogP contribution < -0.4 is 40.0 Å². The molecule has 19 heavy (non-hydrogen) atoms. The summed E-state index contributed by atoms with van der Waals surface area (Å²) >= 11 is 5.79. The van der Waals surface area contributed by atoms with Crippen LogP contribution in [0.15, 0.2) is 42.6 Å². The molecular formula is C13H10ClN2NaO2. The minimum atomic E-state index is -1.14. The van der Waals surface area contributed by atoms with Gasteiger partial charge < -0.3 is 15.2 Å². The van der Waals surface area contributed by atoms with E-state index in [4.69, 9.17) is 11.6 Å². The topological polar surface area (TPSA) is 65.0 Å². The van der Waals surface area contributed by atoms with Crippen molar-refractivity contribution in [1.82, 2.24) is 4.98 Å². The number of carbonyl (C=O) groups excluding carboxylic acids is 1. The maximum atomic E-state index is 10.6. The SMILES string of the molecule is O=C([O-])Cc1cccnc1Nc1ccc(Cl)cc1.[Na+]. The molecule has 0 atom stereocenters. The van der Waals surface area contributed by atoms with E-state index in [0.29, 0.717) is 16.4 Å². The van der Waals surface area contributed by atoms with E-state index in [1.54, 1.807) is 42.6 Å². The molecule has 4 nitrogen and oxygen atoms in total. The van der Waals surface area contributed by atoms with Gasteiger partial charge in [0.2, 0.25) is 0 Å². The summed E-state index contributed by atoms with van der Waals surface area (Å²) in [6, 6.07) is 10.4. The number of nitrogens with one attached hydrogen (secondary N) is 1. The van der Waals surface area contributed by atoms with Crippen LogP contribution in [0.2, 0.25) is 5.02 Å². The number of nitrogens with zero attached hydrogens (tertiary/aromatic N) is 1. The predicted octanol–water partition coefficient (Wildman–Crippen LogP) is -1.22. The van der Waals surface area contributed by atoms with Crippen molar-refractivity contribution in [2.75, 3.05) is 5.32 Å². The van der Waals surface area contributed by atoms with Crippen molar-refractivity contribution in [3.05, 3.63) is 53.2 Å². The largest absolute Gasteiger partial charge is 1.00 e. The summed E-state index contributed by atoms with van der Waals surface area (Å²) in [5.41, 5.74) is 1.37. The summed E-state index contributed by atoms with van der Waals surface area (Å²) in [6.45, 7) is 0. The fourth-order valence-corrected chi connectivity index (χ4v) is 1.65. The van der Waals surface area contributed by atoms with Gasteiger partial charge in [-0.15, -0.1) is 0 Å². The number of hydrogen-bond acceptors (Lipinski definition) is 4. The summed E-state index contributed by atoms with van der Waals surface area (Å²) in [7, 11) is 0. The van der Waals surface area contributed by atoms with Gasteiger partial charge in [0.15, 0.2) is 0 Å². The Kier molecular flexibility index (Phi) is 6.31. The number of benzene rings is 1. The number of anilines is 2. The van der Waals surface area contributed by atoms with Crippen molar-refractivity contribution in [1.29, 1.82) is 0 Å². The van der Waals surface area contributed by atoms with E-state index < -0.39 is 5.97 Å². The number of halogens is 1. The van der Waals surface area contributed by atoms with Gasteiger partial charge in [-0.25, -0.2) is 4.98 Å². The summed E-state index contributed by atoms with van der Waals surface area (Å²) in [5, 5.41) is 14.3. The molecule has 0 aliphatic heterocycles. The van der Waals surface area contributed by atoms with Gasteiger partial charge in [0, 0.05) is 34.9 Å². The molecule has 0 saturated carbocycles.